The van der Waals surface area contributed by atoms with E-state index in [0.717, 1.165) is 43.7 Å². The third-order valence-electron chi connectivity index (χ3n) is 3.75. The van der Waals surface area contributed by atoms with Gasteiger partial charge >= 0.3 is 0 Å². The van der Waals surface area contributed by atoms with E-state index in [2.05, 4.69) is 5.32 Å². The molecule has 2 atom stereocenters. The Bertz CT molecular complexity index is 408. The number of aliphatic hydroxyl groups is 1. The molecule has 19 heavy (non-hydrogen) atoms. The van der Waals surface area contributed by atoms with Gasteiger partial charge in [0.05, 0.1) is 20.3 Å². The van der Waals surface area contributed by atoms with Gasteiger partial charge in [-0.3, -0.25) is 0 Å². The molecule has 0 radical (unpaired) electrons. The van der Waals surface area contributed by atoms with Gasteiger partial charge in [0.2, 0.25) is 0 Å². The summed E-state index contributed by atoms with van der Waals surface area (Å²) in [5.74, 6) is 1.52. The van der Waals surface area contributed by atoms with Crippen LogP contribution in [0.15, 0.2) is 18.2 Å². The third-order valence-corrected chi connectivity index (χ3v) is 3.75. The van der Waals surface area contributed by atoms with Gasteiger partial charge in [-0.2, -0.15) is 0 Å². The first-order chi connectivity index (χ1) is 9.24. The van der Waals surface area contributed by atoms with Gasteiger partial charge in [-0.25, -0.2) is 0 Å². The highest BCUT2D eigenvalue weighted by atomic mass is 16.5. The summed E-state index contributed by atoms with van der Waals surface area (Å²) in [6, 6.07) is 6.25. The smallest absolute Gasteiger partial charge is 0.160 e. The highest BCUT2D eigenvalue weighted by Crippen LogP contribution is 2.27. The molecule has 4 nitrogen and oxygen atoms in total. The average molecular weight is 265 g/mol. The molecule has 0 amide bonds. The average Bonchev–Trinajstić information content (AvgIpc) is 2.84. The second kappa shape index (κ2) is 6.78. The van der Waals surface area contributed by atoms with E-state index < -0.39 is 0 Å². The Balaban J connectivity index is 1.85. The summed E-state index contributed by atoms with van der Waals surface area (Å²) in [6.45, 7) is 0.872. The highest BCUT2D eigenvalue weighted by molar-refractivity contribution is 5.42. The van der Waals surface area contributed by atoms with Crippen molar-refractivity contribution >= 4 is 0 Å². The van der Waals surface area contributed by atoms with Crippen molar-refractivity contribution in [1.82, 2.24) is 5.32 Å². The van der Waals surface area contributed by atoms with Crippen LogP contribution in [-0.2, 0) is 6.42 Å². The van der Waals surface area contributed by atoms with Gasteiger partial charge in [0, 0.05) is 6.04 Å². The molecular weight excluding hydrogens is 242 g/mol. The van der Waals surface area contributed by atoms with E-state index in [1.165, 1.54) is 5.56 Å². The fourth-order valence-electron chi connectivity index (χ4n) is 2.62. The number of ether oxygens (including phenoxy) is 2. The molecule has 1 aliphatic carbocycles. The van der Waals surface area contributed by atoms with Gasteiger partial charge in [-0.15, -0.1) is 0 Å². The summed E-state index contributed by atoms with van der Waals surface area (Å²) >= 11 is 0. The molecule has 1 fully saturated rings. The van der Waals surface area contributed by atoms with E-state index in [4.69, 9.17) is 9.47 Å². The molecule has 1 aromatic rings. The molecule has 106 valence electrons. The Labute approximate surface area is 114 Å². The lowest BCUT2D eigenvalue weighted by molar-refractivity contribution is 0.149. The van der Waals surface area contributed by atoms with Crippen molar-refractivity contribution in [2.75, 3.05) is 20.8 Å². The van der Waals surface area contributed by atoms with Crippen LogP contribution in [0.5, 0.6) is 11.5 Å². The molecule has 0 saturated heterocycles. The lowest BCUT2D eigenvalue weighted by atomic mass is 10.1. The van der Waals surface area contributed by atoms with E-state index >= 15 is 0 Å². The van der Waals surface area contributed by atoms with Crippen molar-refractivity contribution in [1.29, 1.82) is 0 Å². The Kier molecular flexibility index (Phi) is 5.05. The fourth-order valence-corrected chi connectivity index (χ4v) is 2.62. The summed E-state index contributed by atoms with van der Waals surface area (Å²) < 4.78 is 10.5. The second-order valence-corrected chi connectivity index (χ2v) is 5.00. The van der Waals surface area contributed by atoms with Crippen LogP contribution >= 0.6 is 0 Å². The second-order valence-electron chi connectivity index (χ2n) is 5.00. The van der Waals surface area contributed by atoms with Gasteiger partial charge < -0.3 is 19.9 Å². The predicted octanol–water partition coefficient (Wildman–Crippen LogP) is 1.75. The lowest BCUT2D eigenvalue weighted by Gasteiger charge is -2.16. The zero-order chi connectivity index (χ0) is 13.7. The first-order valence-electron chi connectivity index (χ1n) is 6.87. The maximum absolute atomic E-state index is 9.74. The van der Waals surface area contributed by atoms with Crippen molar-refractivity contribution in [3.05, 3.63) is 23.8 Å². The van der Waals surface area contributed by atoms with Gasteiger partial charge in [0.1, 0.15) is 0 Å². The van der Waals surface area contributed by atoms with Crippen LogP contribution in [-0.4, -0.2) is 38.0 Å². The molecular formula is C15H23NO3. The van der Waals surface area contributed by atoms with Crippen LogP contribution in [0, 0.1) is 0 Å². The third kappa shape index (κ3) is 3.61. The highest BCUT2D eigenvalue weighted by Gasteiger charge is 2.24. The van der Waals surface area contributed by atoms with Crippen molar-refractivity contribution in [2.45, 2.75) is 37.8 Å². The summed E-state index contributed by atoms with van der Waals surface area (Å²) in [6.07, 6.45) is 3.87. The Morgan fingerprint density at radius 1 is 1.21 bits per heavy atom. The van der Waals surface area contributed by atoms with Gasteiger partial charge in [-0.1, -0.05) is 6.07 Å². The van der Waals surface area contributed by atoms with Crippen LogP contribution in [0.25, 0.3) is 0 Å². The van der Waals surface area contributed by atoms with Crippen LogP contribution in [0.2, 0.25) is 0 Å². The van der Waals surface area contributed by atoms with Crippen LogP contribution in [0.3, 0.4) is 0 Å². The summed E-state index contributed by atoms with van der Waals surface area (Å²) in [7, 11) is 3.29. The topological polar surface area (TPSA) is 50.7 Å². The number of hydrogen-bond acceptors (Lipinski definition) is 4. The number of nitrogens with one attached hydrogen (secondary N) is 1. The zero-order valence-corrected chi connectivity index (χ0v) is 11.7. The number of benzene rings is 1. The van der Waals surface area contributed by atoms with Crippen molar-refractivity contribution in [3.8, 4) is 11.5 Å². The van der Waals surface area contributed by atoms with E-state index in [0.29, 0.717) is 0 Å². The molecule has 0 bridgehead atoms. The van der Waals surface area contributed by atoms with Gasteiger partial charge in [0.15, 0.2) is 11.5 Å². The Morgan fingerprint density at radius 3 is 2.63 bits per heavy atom. The van der Waals surface area contributed by atoms with E-state index in [-0.39, 0.29) is 12.1 Å². The van der Waals surface area contributed by atoms with Crippen molar-refractivity contribution in [2.24, 2.45) is 0 Å². The number of rotatable bonds is 6. The zero-order valence-electron chi connectivity index (χ0n) is 11.7. The lowest BCUT2D eigenvalue weighted by Crippen LogP contribution is -2.36. The van der Waals surface area contributed by atoms with Gasteiger partial charge in [-0.05, 0) is 49.9 Å². The van der Waals surface area contributed by atoms with Crippen LogP contribution in [0.4, 0.5) is 0 Å². The molecule has 1 saturated carbocycles. The molecule has 0 spiro atoms. The van der Waals surface area contributed by atoms with Crippen LogP contribution < -0.4 is 14.8 Å². The molecule has 0 aromatic heterocycles. The van der Waals surface area contributed by atoms with Crippen molar-refractivity contribution < 1.29 is 14.6 Å². The maximum Gasteiger partial charge on any atom is 0.160 e. The molecule has 2 rings (SSSR count). The predicted molar refractivity (Wildman–Crippen MR) is 74.9 cm³/mol. The quantitative estimate of drug-likeness (QED) is 0.823. The molecule has 2 unspecified atom stereocenters. The molecule has 0 aliphatic heterocycles. The largest absolute Gasteiger partial charge is 0.493 e. The molecule has 0 heterocycles. The van der Waals surface area contributed by atoms with Crippen molar-refractivity contribution in [3.63, 3.8) is 0 Å². The standard InChI is InChI=1S/C15H23NO3/c1-18-14-7-6-11(10-15(14)19-2)8-9-16-12-4-3-5-13(12)17/h6-7,10,12-13,16-17H,3-5,8-9H2,1-2H3. The first kappa shape index (κ1) is 14.2. The van der Waals surface area contributed by atoms with E-state index in [1.54, 1.807) is 14.2 Å². The number of hydrogen-bond donors (Lipinski definition) is 2. The fraction of sp³-hybridized carbons (Fsp3) is 0.600. The maximum atomic E-state index is 9.74. The van der Waals surface area contributed by atoms with E-state index in [9.17, 15) is 5.11 Å². The minimum atomic E-state index is -0.176. The SMILES string of the molecule is COc1ccc(CCNC2CCCC2O)cc1OC. The van der Waals surface area contributed by atoms with E-state index in [1.807, 2.05) is 18.2 Å². The summed E-state index contributed by atoms with van der Waals surface area (Å²) in [5.41, 5.74) is 1.21. The summed E-state index contributed by atoms with van der Waals surface area (Å²) in [4.78, 5) is 0. The molecule has 1 aliphatic rings. The summed E-state index contributed by atoms with van der Waals surface area (Å²) in [5, 5.41) is 13.2. The molecule has 4 heteroatoms. The van der Waals surface area contributed by atoms with Crippen LogP contribution in [0.1, 0.15) is 24.8 Å². The Hall–Kier alpha value is -1.26. The first-order valence-corrected chi connectivity index (χ1v) is 6.87. The normalized spacial score (nSPS) is 22.5. The molecule has 1 aromatic carbocycles. The number of methoxy groups -OCH3 is 2. The number of aliphatic hydroxyl groups excluding tert-OH is 1. The minimum absolute atomic E-state index is 0.176. The minimum Gasteiger partial charge on any atom is -0.493 e. The Morgan fingerprint density at radius 2 is 2.00 bits per heavy atom. The molecule has 2 N–H and O–H groups in total. The van der Waals surface area contributed by atoms with Gasteiger partial charge in [0.25, 0.3) is 0 Å². The monoisotopic (exact) mass is 265 g/mol.